The predicted molar refractivity (Wildman–Crippen MR) is 47.1 cm³/mol. The standard InChI is InChI=1S/C9H10FNO2/c1-5-7(10)3-4-8(9(5)13)11-6(2)12/h3-4,13H,1-2H3,(H,11,12). The normalized spacial score (nSPS) is 9.77. The minimum Gasteiger partial charge on any atom is -0.505 e. The average molecular weight is 183 g/mol. The van der Waals surface area contributed by atoms with E-state index in [1.54, 1.807) is 0 Å². The van der Waals surface area contributed by atoms with Crippen molar-refractivity contribution in [1.29, 1.82) is 0 Å². The zero-order valence-electron chi connectivity index (χ0n) is 7.39. The summed E-state index contributed by atoms with van der Waals surface area (Å²) in [5.74, 6) is -1.02. The van der Waals surface area contributed by atoms with E-state index in [1.165, 1.54) is 26.0 Å². The summed E-state index contributed by atoms with van der Waals surface area (Å²) in [6.45, 7) is 2.76. The molecule has 0 bridgehead atoms. The second-order valence-electron chi connectivity index (χ2n) is 2.75. The molecule has 0 radical (unpaired) electrons. The summed E-state index contributed by atoms with van der Waals surface area (Å²) in [4.78, 5) is 10.6. The van der Waals surface area contributed by atoms with Crippen LogP contribution in [0.5, 0.6) is 5.75 Å². The van der Waals surface area contributed by atoms with Gasteiger partial charge in [0.05, 0.1) is 5.69 Å². The van der Waals surface area contributed by atoms with Crippen molar-refractivity contribution in [3.05, 3.63) is 23.5 Å². The molecule has 1 aromatic rings. The average Bonchev–Trinajstić information content (AvgIpc) is 2.06. The fourth-order valence-electron chi connectivity index (χ4n) is 0.966. The lowest BCUT2D eigenvalue weighted by molar-refractivity contribution is -0.114. The number of halogens is 1. The summed E-state index contributed by atoms with van der Waals surface area (Å²) in [6, 6.07) is 2.51. The highest BCUT2D eigenvalue weighted by molar-refractivity contribution is 5.90. The van der Waals surface area contributed by atoms with Crippen molar-refractivity contribution in [1.82, 2.24) is 0 Å². The molecule has 2 N–H and O–H groups in total. The minimum atomic E-state index is -0.494. The van der Waals surface area contributed by atoms with Gasteiger partial charge in [-0.3, -0.25) is 4.79 Å². The lowest BCUT2D eigenvalue weighted by Gasteiger charge is -2.07. The minimum absolute atomic E-state index is 0.131. The van der Waals surface area contributed by atoms with E-state index in [4.69, 9.17) is 0 Å². The molecule has 3 nitrogen and oxygen atoms in total. The summed E-state index contributed by atoms with van der Waals surface area (Å²) in [5.41, 5.74) is 0.359. The summed E-state index contributed by atoms with van der Waals surface area (Å²) < 4.78 is 12.8. The second-order valence-corrected chi connectivity index (χ2v) is 2.75. The van der Waals surface area contributed by atoms with Gasteiger partial charge in [0, 0.05) is 12.5 Å². The summed E-state index contributed by atoms with van der Waals surface area (Å²) in [6.07, 6.45) is 0. The lowest BCUT2D eigenvalue weighted by atomic mass is 10.2. The van der Waals surface area contributed by atoms with E-state index in [0.29, 0.717) is 0 Å². The number of benzene rings is 1. The van der Waals surface area contributed by atoms with Crippen LogP contribution >= 0.6 is 0 Å². The molecular formula is C9H10FNO2. The highest BCUT2D eigenvalue weighted by Crippen LogP contribution is 2.28. The highest BCUT2D eigenvalue weighted by atomic mass is 19.1. The van der Waals surface area contributed by atoms with Crippen molar-refractivity contribution in [2.24, 2.45) is 0 Å². The molecule has 1 aromatic carbocycles. The number of hydrogen-bond acceptors (Lipinski definition) is 2. The van der Waals surface area contributed by atoms with Gasteiger partial charge >= 0.3 is 0 Å². The third-order valence-corrected chi connectivity index (χ3v) is 1.68. The molecular weight excluding hydrogens is 173 g/mol. The monoisotopic (exact) mass is 183 g/mol. The molecule has 4 heteroatoms. The molecule has 1 rings (SSSR count). The van der Waals surface area contributed by atoms with E-state index in [2.05, 4.69) is 5.32 Å². The predicted octanol–water partition coefficient (Wildman–Crippen LogP) is 1.80. The SMILES string of the molecule is CC(=O)Nc1ccc(F)c(C)c1O. The Morgan fingerprint density at radius 1 is 1.54 bits per heavy atom. The van der Waals surface area contributed by atoms with Crippen LogP contribution in [0.4, 0.5) is 10.1 Å². The maximum Gasteiger partial charge on any atom is 0.221 e. The molecule has 0 unspecified atom stereocenters. The van der Waals surface area contributed by atoms with Crippen molar-refractivity contribution in [3.63, 3.8) is 0 Å². The third kappa shape index (κ3) is 1.96. The van der Waals surface area contributed by atoms with Gasteiger partial charge in [-0.1, -0.05) is 0 Å². The van der Waals surface area contributed by atoms with Gasteiger partial charge in [0.25, 0.3) is 0 Å². The molecule has 0 saturated heterocycles. The Morgan fingerprint density at radius 2 is 2.15 bits per heavy atom. The van der Waals surface area contributed by atoms with Gasteiger partial charge in [0.15, 0.2) is 0 Å². The summed E-state index contributed by atoms with van der Waals surface area (Å²) in [7, 11) is 0. The van der Waals surface area contributed by atoms with Crippen LogP contribution in [-0.4, -0.2) is 11.0 Å². The number of amides is 1. The Hall–Kier alpha value is -1.58. The molecule has 1 amide bonds. The Labute approximate surface area is 75.2 Å². The van der Waals surface area contributed by atoms with Crippen LogP contribution in [0, 0.1) is 12.7 Å². The molecule has 0 aliphatic heterocycles. The molecule has 0 aromatic heterocycles. The molecule has 0 aliphatic carbocycles. The van der Waals surface area contributed by atoms with Crippen molar-refractivity contribution in [3.8, 4) is 5.75 Å². The fraction of sp³-hybridized carbons (Fsp3) is 0.222. The Kier molecular flexibility index (Phi) is 2.51. The Bertz CT molecular complexity index is 350. The number of carbonyl (C=O) groups is 1. The van der Waals surface area contributed by atoms with Gasteiger partial charge < -0.3 is 10.4 Å². The molecule has 0 fully saturated rings. The van der Waals surface area contributed by atoms with Crippen LogP contribution in [0.1, 0.15) is 12.5 Å². The number of rotatable bonds is 1. The van der Waals surface area contributed by atoms with E-state index in [-0.39, 0.29) is 22.9 Å². The number of aromatic hydroxyl groups is 1. The number of phenolic OH excluding ortho intramolecular Hbond substituents is 1. The van der Waals surface area contributed by atoms with Crippen molar-refractivity contribution < 1.29 is 14.3 Å². The number of phenols is 1. The van der Waals surface area contributed by atoms with Crippen molar-refractivity contribution in [2.75, 3.05) is 5.32 Å². The van der Waals surface area contributed by atoms with E-state index in [9.17, 15) is 14.3 Å². The molecule has 0 saturated carbocycles. The summed E-state index contributed by atoms with van der Waals surface area (Å²) in [5, 5.41) is 11.8. The molecule has 0 spiro atoms. The quantitative estimate of drug-likeness (QED) is 0.652. The van der Waals surface area contributed by atoms with E-state index < -0.39 is 5.82 Å². The maximum atomic E-state index is 12.8. The second kappa shape index (κ2) is 3.43. The molecule has 13 heavy (non-hydrogen) atoms. The van der Waals surface area contributed by atoms with Crippen LogP contribution in [0.3, 0.4) is 0 Å². The van der Waals surface area contributed by atoms with Gasteiger partial charge in [-0.2, -0.15) is 0 Å². The van der Waals surface area contributed by atoms with Crippen molar-refractivity contribution >= 4 is 11.6 Å². The van der Waals surface area contributed by atoms with E-state index in [1.807, 2.05) is 0 Å². The zero-order valence-corrected chi connectivity index (χ0v) is 7.39. The molecule has 0 heterocycles. The molecule has 0 aliphatic rings. The fourth-order valence-corrected chi connectivity index (χ4v) is 0.966. The van der Waals surface area contributed by atoms with Crippen LogP contribution in [0.15, 0.2) is 12.1 Å². The first-order chi connectivity index (χ1) is 6.02. The first-order valence-corrected chi connectivity index (χ1v) is 3.78. The van der Waals surface area contributed by atoms with Gasteiger partial charge in [-0.15, -0.1) is 0 Å². The van der Waals surface area contributed by atoms with Gasteiger partial charge in [-0.25, -0.2) is 4.39 Å². The lowest BCUT2D eigenvalue weighted by Crippen LogP contribution is -2.06. The summed E-state index contributed by atoms with van der Waals surface area (Å²) >= 11 is 0. The number of carbonyl (C=O) groups excluding carboxylic acids is 1. The van der Waals surface area contributed by atoms with E-state index in [0.717, 1.165) is 0 Å². The van der Waals surface area contributed by atoms with Gasteiger partial charge in [-0.05, 0) is 19.1 Å². The topological polar surface area (TPSA) is 49.3 Å². The number of anilines is 1. The third-order valence-electron chi connectivity index (χ3n) is 1.68. The zero-order chi connectivity index (χ0) is 10.0. The largest absolute Gasteiger partial charge is 0.505 e. The van der Waals surface area contributed by atoms with Crippen molar-refractivity contribution in [2.45, 2.75) is 13.8 Å². The highest BCUT2D eigenvalue weighted by Gasteiger charge is 2.08. The van der Waals surface area contributed by atoms with Gasteiger partial charge in [0.2, 0.25) is 5.91 Å². The van der Waals surface area contributed by atoms with Crippen LogP contribution in [0.2, 0.25) is 0 Å². The molecule has 0 atom stereocenters. The smallest absolute Gasteiger partial charge is 0.221 e. The maximum absolute atomic E-state index is 12.8. The Balaban J connectivity index is 3.10. The van der Waals surface area contributed by atoms with Crippen LogP contribution in [-0.2, 0) is 4.79 Å². The van der Waals surface area contributed by atoms with Crippen LogP contribution < -0.4 is 5.32 Å². The first kappa shape index (κ1) is 9.51. The number of hydrogen-bond donors (Lipinski definition) is 2. The van der Waals surface area contributed by atoms with Gasteiger partial charge in [0.1, 0.15) is 11.6 Å². The van der Waals surface area contributed by atoms with Crippen LogP contribution in [0.25, 0.3) is 0 Å². The first-order valence-electron chi connectivity index (χ1n) is 3.78. The van der Waals surface area contributed by atoms with E-state index >= 15 is 0 Å². The molecule has 70 valence electrons. The number of nitrogens with one attached hydrogen (secondary N) is 1. The Morgan fingerprint density at radius 3 is 2.69 bits per heavy atom.